The number of methoxy groups -OCH3 is 3. The van der Waals surface area contributed by atoms with Gasteiger partial charge in [-0.1, -0.05) is 25.9 Å². The molecule has 0 aliphatic heterocycles. The monoisotopic (exact) mass is 377 g/mol. The summed E-state index contributed by atoms with van der Waals surface area (Å²) < 4.78 is 21.3. The third kappa shape index (κ3) is 5.12. The smallest absolute Gasteiger partial charge is 0.249 e. The summed E-state index contributed by atoms with van der Waals surface area (Å²) in [5.74, 6) is 2.08. The van der Waals surface area contributed by atoms with E-state index in [1.54, 1.807) is 19.1 Å². The fourth-order valence-corrected chi connectivity index (χ4v) is 2.57. The molecule has 2 aromatic rings. The molecular weight excluding hydrogens is 350 g/mol. The highest BCUT2D eigenvalue weighted by molar-refractivity contribution is 5.76. The van der Waals surface area contributed by atoms with Crippen LogP contribution in [0.25, 0.3) is 11.4 Å². The van der Waals surface area contributed by atoms with E-state index in [1.807, 2.05) is 20.8 Å². The van der Waals surface area contributed by atoms with Crippen molar-refractivity contribution in [3.63, 3.8) is 0 Å². The maximum atomic E-state index is 12.1. The molecule has 27 heavy (non-hydrogen) atoms. The molecule has 1 heterocycles. The van der Waals surface area contributed by atoms with Gasteiger partial charge in [-0.2, -0.15) is 4.98 Å². The van der Waals surface area contributed by atoms with Crippen molar-refractivity contribution in [1.29, 1.82) is 0 Å². The van der Waals surface area contributed by atoms with Crippen LogP contribution in [0, 0.1) is 5.41 Å². The second-order valence-electron chi connectivity index (χ2n) is 7.40. The molecule has 1 amide bonds. The van der Waals surface area contributed by atoms with E-state index in [4.69, 9.17) is 18.7 Å². The van der Waals surface area contributed by atoms with Crippen LogP contribution < -0.4 is 19.5 Å². The first-order valence-electron chi connectivity index (χ1n) is 8.62. The number of nitrogens with one attached hydrogen (secondary N) is 1. The molecule has 1 aromatic heterocycles. The lowest BCUT2D eigenvalue weighted by Crippen LogP contribution is -2.30. The Labute approximate surface area is 159 Å². The van der Waals surface area contributed by atoms with Crippen LogP contribution in [0.5, 0.6) is 17.2 Å². The number of hydrogen-bond donors (Lipinski definition) is 1. The molecule has 1 N–H and O–H groups in total. The van der Waals surface area contributed by atoms with E-state index in [2.05, 4.69) is 15.5 Å². The van der Waals surface area contributed by atoms with Crippen molar-refractivity contribution in [2.75, 3.05) is 21.3 Å². The SMILES string of the molecule is COc1cc(-c2noc([C@@H](C)NC(=O)CC(C)(C)C)n2)cc(OC)c1OC. The summed E-state index contributed by atoms with van der Waals surface area (Å²) in [7, 11) is 4.61. The molecule has 0 radical (unpaired) electrons. The molecule has 0 unspecified atom stereocenters. The predicted molar refractivity (Wildman–Crippen MR) is 100 cm³/mol. The van der Waals surface area contributed by atoms with Crippen LogP contribution in [0.3, 0.4) is 0 Å². The first-order chi connectivity index (χ1) is 12.7. The summed E-state index contributed by atoms with van der Waals surface area (Å²) in [5.41, 5.74) is 0.549. The van der Waals surface area contributed by atoms with E-state index in [1.165, 1.54) is 21.3 Å². The number of amides is 1. The highest BCUT2D eigenvalue weighted by Gasteiger charge is 2.22. The second kappa shape index (κ2) is 8.28. The zero-order valence-electron chi connectivity index (χ0n) is 16.9. The Morgan fingerprint density at radius 1 is 1.15 bits per heavy atom. The Morgan fingerprint density at radius 3 is 2.22 bits per heavy atom. The Kier molecular flexibility index (Phi) is 6.30. The van der Waals surface area contributed by atoms with Crippen LogP contribution in [0.15, 0.2) is 16.7 Å². The van der Waals surface area contributed by atoms with Gasteiger partial charge in [0.25, 0.3) is 0 Å². The lowest BCUT2D eigenvalue weighted by Gasteiger charge is -2.18. The quantitative estimate of drug-likeness (QED) is 0.790. The average molecular weight is 377 g/mol. The fourth-order valence-electron chi connectivity index (χ4n) is 2.57. The van der Waals surface area contributed by atoms with Crippen LogP contribution in [-0.2, 0) is 4.79 Å². The van der Waals surface area contributed by atoms with Crippen molar-refractivity contribution >= 4 is 5.91 Å². The highest BCUT2D eigenvalue weighted by Crippen LogP contribution is 2.40. The lowest BCUT2D eigenvalue weighted by atomic mass is 9.92. The molecule has 8 heteroatoms. The van der Waals surface area contributed by atoms with E-state index in [0.29, 0.717) is 40.9 Å². The topological polar surface area (TPSA) is 95.7 Å². The molecule has 1 aromatic carbocycles. The summed E-state index contributed by atoms with van der Waals surface area (Å²) in [6.07, 6.45) is 0.408. The van der Waals surface area contributed by atoms with Gasteiger partial charge in [0.1, 0.15) is 6.04 Å². The van der Waals surface area contributed by atoms with Crippen molar-refractivity contribution in [1.82, 2.24) is 15.5 Å². The van der Waals surface area contributed by atoms with Gasteiger partial charge in [-0.3, -0.25) is 4.79 Å². The van der Waals surface area contributed by atoms with Gasteiger partial charge in [0.05, 0.1) is 21.3 Å². The van der Waals surface area contributed by atoms with Gasteiger partial charge >= 0.3 is 0 Å². The molecular formula is C19H27N3O5. The second-order valence-corrected chi connectivity index (χ2v) is 7.40. The lowest BCUT2D eigenvalue weighted by molar-refractivity contribution is -0.123. The summed E-state index contributed by atoms with van der Waals surface area (Å²) in [6, 6.07) is 3.07. The normalized spacial score (nSPS) is 12.4. The zero-order chi connectivity index (χ0) is 20.2. The Hall–Kier alpha value is -2.77. The van der Waals surface area contributed by atoms with Crippen LogP contribution in [0.1, 0.15) is 46.0 Å². The first kappa shape index (κ1) is 20.5. The van der Waals surface area contributed by atoms with E-state index >= 15 is 0 Å². The summed E-state index contributed by atoms with van der Waals surface area (Å²) in [6.45, 7) is 7.82. The van der Waals surface area contributed by atoms with Crippen LogP contribution >= 0.6 is 0 Å². The maximum Gasteiger partial charge on any atom is 0.249 e. The van der Waals surface area contributed by atoms with Crippen LogP contribution in [0.4, 0.5) is 0 Å². The van der Waals surface area contributed by atoms with Crippen LogP contribution in [-0.4, -0.2) is 37.4 Å². The van der Waals surface area contributed by atoms with Gasteiger partial charge in [-0.15, -0.1) is 0 Å². The molecule has 0 aliphatic carbocycles. The molecule has 0 bridgehead atoms. The molecule has 1 atom stereocenters. The van der Waals surface area contributed by atoms with E-state index in [-0.39, 0.29) is 11.3 Å². The van der Waals surface area contributed by atoms with Crippen molar-refractivity contribution in [3.05, 3.63) is 18.0 Å². The molecule has 0 fully saturated rings. The highest BCUT2D eigenvalue weighted by atomic mass is 16.5. The predicted octanol–water partition coefficient (Wildman–Crippen LogP) is 3.38. The maximum absolute atomic E-state index is 12.1. The molecule has 8 nitrogen and oxygen atoms in total. The number of aromatic nitrogens is 2. The molecule has 0 saturated carbocycles. The fraction of sp³-hybridized carbons (Fsp3) is 0.526. The number of ether oxygens (including phenoxy) is 3. The third-order valence-corrected chi connectivity index (χ3v) is 3.80. The van der Waals surface area contributed by atoms with Crippen molar-refractivity contribution in [2.24, 2.45) is 5.41 Å². The average Bonchev–Trinajstić information content (AvgIpc) is 3.08. The summed E-state index contributed by atoms with van der Waals surface area (Å²) in [5, 5.41) is 6.88. The number of nitrogens with zero attached hydrogens (tertiary/aromatic N) is 2. The number of carbonyl (C=O) groups excluding carboxylic acids is 1. The van der Waals surface area contributed by atoms with Gasteiger partial charge < -0.3 is 24.1 Å². The van der Waals surface area contributed by atoms with Gasteiger partial charge in [0, 0.05) is 12.0 Å². The van der Waals surface area contributed by atoms with E-state index in [9.17, 15) is 4.79 Å². The van der Waals surface area contributed by atoms with Gasteiger partial charge in [0.15, 0.2) is 11.5 Å². The van der Waals surface area contributed by atoms with Gasteiger partial charge in [-0.05, 0) is 24.5 Å². The summed E-state index contributed by atoms with van der Waals surface area (Å²) in [4.78, 5) is 16.5. The molecule has 0 aliphatic rings. The number of hydrogen-bond acceptors (Lipinski definition) is 7. The molecule has 0 spiro atoms. The minimum atomic E-state index is -0.400. The minimum Gasteiger partial charge on any atom is -0.493 e. The van der Waals surface area contributed by atoms with Crippen LogP contribution in [0.2, 0.25) is 0 Å². The number of benzene rings is 1. The number of carbonyl (C=O) groups is 1. The molecule has 148 valence electrons. The van der Waals surface area contributed by atoms with Crippen molar-refractivity contribution in [2.45, 2.75) is 40.2 Å². The van der Waals surface area contributed by atoms with Crippen molar-refractivity contribution in [3.8, 4) is 28.6 Å². The molecule has 0 saturated heterocycles. The number of rotatable bonds is 7. The zero-order valence-corrected chi connectivity index (χ0v) is 16.9. The Balaban J connectivity index is 2.23. The van der Waals surface area contributed by atoms with Gasteiger partial charge in [0.2, 0.25) is 23.4 Å². The van der Waals surface area contributed by atoms with Gasteiger partial charge in [-0.25, -0.2) is 0 Å². The Morgan fingerprint density at radius 2 is 1.74 bits per heavy atom. The first-order valence-corrected chi connectivity index (χ1v) is 8.62. The van der Waals surface area contributed by atoms with E-state index in [0.717, 1.165) is 0 Å². The largest absolute Gasteiger partial charge is 0.493 e. The summed E-state index contributed by atoms with van der Waals surface area (Å²) >= 11 is 0. The standard InChI is InChI=1S/C19H27N3O5/c1-11(20-15(23)10-19(2,3)4)18-21-17(22-27-18)12-8-13(24-5)16(26-7)14(9-12)25-6/h8-9,11H,10H2,1-7H3,(H,20,23)/t11-/m1/s1. The third-order valence-electron chi connectivity index (χ3n) is 3.80. The van der Waals surface area contributed by atoms with E-state index < -0.39 is 6.04 Å². The van der Waals surface area contributed by atoms with Crippen molar-refractivity contribution < 1.29 is 23.5 Å². The Bertz CT molecular complexity index is 770. The molecule has 2 rings (SSSR count). The minimum absolute atomic E-state index is 0.0671.